The van der Waals surface area contributed by atoms with Gasteiger partial charge in [0, 0.05) is 5.02 Å². The van der Waals surface area contributed by atoms with Crippen LogP contribution in [-0.4, -0.2) is 0 Å². The van der Waals surface area contributed by atoms with Crippen LogP contribution < -0.4 is 0 Å². The number of alkyl halides is 1. The molecule has 0 aliphatic heterocycles. The van der Waals surface area contributed by atoms with Gasteiger partial charge in [0.05, 0.1) is 5.38 Å². The predicted molar refractivity (Wildman–Crippen MR) is 84.5 cm³/mol. The number of benzene rings is 2. The first-order chi connectivity index (χ1) is 9.31. The van der Waals surface area contributed by atoms with E-state index in [0.717, 1.165) is 22.3 Å². The molecular weight excluding hydrogens is 294 g/mol. The van der Waals surface area contributed by atoms with Crippen molar-refractivity contribution in [1.29, 1.82) is 0 Å². The number of aryl methyl sites for hydroxylation is 4. The highest BCUT2D eigenvalue weighted by Crippen LogP contribution is 2.38. The van der Waals surface area contributed by atoms with Crippen molar-refractivity contribution in [3.63, 3.8) is 0 Å². The molecule has 0 saturated heterocycles. The molecule has 0 nitrogen and oxygen atoms in total. The molecule has 0 heterocycles. The lowest BCUT2D eigenvalue weighted by Crippen LogP contribution is -2.02. The third-order valence-electron chi connectivity index (χ3n) is 3.54. The summed E-state index contributed by atoms with van der Waals surface area (Å²) in [5, 5.41) is -0.00475. The summed E-state index contributed by atoms with van der Waals surface area (Å²) in [6.07, 6.45) is 0. The van der Waals surface area contributed by atoms with Crippen molar-refractivity contribution in [2.24, 2.45) is 0 Å². The maximum Gasteiger partial charge on any atom is 0.127 e. The molecular formula is C17H17Cl2F. The molecule has 1 unspecified atom stereocenters. The fraction of sp³-hybridized carbons (Fsp3) is 0.294. The van der Waals surface area contributed by atoms with Crippen molar-refractivity contribution in [2.45, 2.75) is 33.1 Å². The van der Waals surface area contributed by atoms with Gasteiger partial charge in [0.1, 0.15) is 5.82 Å². The topological polar surface area (TPSA) is 0 Å². The summed E-state index contributed by atoms with van der Waals surface area (Å²) in [5.41, 5.74) is 5.81. The summed E-state index contributed by atoms with van der Waals surface area (Å²) in [7, 11) is 0. The van der Waals surface area contributed by atoms with Gasteiger partial charge in [0.25, 0.3) is 0 Å². The summed E-state index contributed by atoms with van der Waals surface area (Å²) in [4.78, 5) is 0. The third kappa shape index (κ3) is 2.84. The van der Waals surface area contributed by atoms with E-state index in [4.69, 9.17) is 23.2 Å². The Morgan fingerprint density at radius 2 is 1.45 bits per heavy atom. The van der Waals surface area contributed by atoms with Crippen molar-refractivity contribution in [2.75, 3.05) is 0 Å². The zero-order valence-electron chi connectivity index (χ0n) is 12.0. The SMILES string of the molecule is Cc1cc(C)c(C(Cl)c2cc(C)c(F)cc2Cl)c(C)c1. The Kier molecular flexibility index (Phi) is 4.41. The first-order valence-corrected chi connectivity index (χ1v) is 7.30. The Morgan fingerprint density at radius 3 is 2.00 bits per heavy atom. The van der Waals surface area contributed by atoms with Crippen molar-refractivity contribution in [3.05, 3.63) is 68.5 Å². The lowest BCUT2D eigenvalue weighted by Gasteiger charge is -2.19. The fourth-order valence-corrected chi connectivity index (χ4v) is 3.46. The van der Waals surface area contributed by atoms with Gasteiger partial charge in [0.2, 0.25) is 0 Å². The van der Waals surface area contributed by atoms with E-state index in [2.05, 4.69) is 19.1 Å². The Labute approximate surface area is 129 Å². The van der Waals surface area contributed by atoms with Gasteiger partial charge >= 0.3 is 0 Å². The minimum atomic E-state index is -0.373. The van der Waals surface area contributed by atoms with Gasteiger partial charge in [0.15, 0.2) is 0 Å². The fourth-order valence-electron chi connectivity index (χ4n) is 2.62. The minimum Gasteiger partial charge on any atom is -0.207 e. The van der Waals surface area contributed by atoms with Gasteiger partial charge in [-0.1, -0.05) is 29.3 Å². The lowest BCUT2D eigenvalue weighted by molar-refractivity contribution is 0.618. The Balaban J connectivity index is 2.57. The van der Waals surface area contributed by atoms with Gasteiger partial charge < -0.3 is 0 Å². The average Bonchev–Trinajstić information content (AvgIpc) is 2.32. The molecule has 0 N–H and O–H groups in total. The molecule has 20 heavy (non-hydrogen) atoms. The monoisotopic (exact) mass is 310 g/mol. The van der Waals surface area contributed by atoms with E-state index in [1.54, 1.807) is 13.0 Å². The smallest absolute Gasteiger partial charge is 0.127 e. The Bertz CT molecular complexity index is 639. The van der Waals surface area contributed by atoms with Crippen molar-refractivity contribution in [1.82, 2.24) is 0 Å². The standard InChI is InChI=1S/C17H17Cl2F/c1-9-5-11(3)16(12(4)6-9)17(19)13-7-10(2)15(20)8-14(13)18/h5-8,17H,1-4H3. The second-order valence-electron chi connectivity index (χ2n) is 5.30. The molecule has 0 aliphatic rings. The molecule has 106 valence electrons. The molecule has 0 amide bonds. The summed E-state index contributed by atoms with van der Waals surface area (Å²) in [6, 6.07) is 7.26. The summed E-state index contributed by atoms with van der Waals surface area (Å²) in [5.74, 6) is -0.306. The van der Waals surface area contributed by atoms with E-state index in [1.165, 1.54) is 11.6 Å². The number of rotatable bonds is 2. The molecule has 0 aromatic heterocycles. The summed E-state index contributed by atoms with van der Waals surface area (Å²) < 4.78 is 13.5. The number of hydrogen-bond donors (Lipinski definition) is 0. The van der Waals surface area contributed by atoms with Crippen LogP contribution in [0.15, 0.2) is 24.3 Å². The molecule has 3 heteroatoms. The van der Waals surface area contributed by atoms with Crippen LogP contribution in [0.25, 0.3) is 0 Å². The molecule has 2 aromatic carbocycles. The highest BCUT2D eigenvalue weighted by atomic mass is 35.5. The van der Waals surface area contributed by atoms with Crippen LogP contribution in [-0.2, 0) is 0 Å². The van der Waals surface area contributed by atoms with Crippen LogP contribution in [0.3, 0.4) is 0 Å². The minimum absolute atomic E-state index is 0.306. The van der Waals surface area contributed by atoms with Gasteiger partial charge in [-0.3, -0.25) is 0 Å². The van der Waals surface area contributed by atoms with Crippen LogP contribution >= 0.6 is 23.2 Å². The molecule has 0 saturated carbocycles. The third-order valence-corrected chi connectivity index (χ3v) is 4.32. The van der Waals surface area contributed by atoms with Crippen LogP contribution in [0.1, 0.15) is 38.8 Å². The van der Waals surface area contributed by atoms with Gasteiger partial charge in [-0.25, -0.2) is 4.39 Å². The molecule has 0 spiro atoms. The van der Waals surface area contributed by atoms with Crippen LogP contribution in [0.4, 0.5) is 4.39 Å². The quantitative estimate of drug-likeness (QED) is 0.593. The molecule has 0 fully saturated rings. The second kappa shape index (κ2) is 5.75. The molecule has 0 radical (unpaired) electrons. The zero-order chi connectivity index (χ0) is 15.0. The second-order valence-corrected chi connectivity index (χ2v) is 6.14. The summed E-state index contributed by atoms with van der Waals surface area (Å²) >= 11 is 12.8. The van der Waals surface area contributed by atoms with Crippen molar-refractivity contribution < 1.29 is 4.39 Å². The van der Waals surface area contributed by atoms with E-state index in [-0.39, 0.29) is 11.2 Å². The van der Waals surface area contributed by atoms with E-state index in [1.807, 2.05) is 13.8 Å². The van der Waals surface area contributed by atoms with E-state index < -0.39 is 0 Å². The largest absolute Gasteiger partial charge is 0.207 e. The average molecular weight is 311 g/mol. The zero-order valence-corrected chi connectivity index (χ0v) is 13.5. The van der Waals surface area contributed by atoms with E-state index in [9.17, 15) is 4.39 Å². The first kappa shape index (κ1) is 15.3. The highest BCUT2D eigenvalue weighted by molar-refractivity contribution is 6.33. The van der Waals surface area contributed by atoms with Crippen molar-refractivity contribution in [3.8, 4) is 0 Å². The van der Waals surface area contributed by atoms with Crippen molar-refractivity contribution >= 4 is 23.2 Å². The van der Waals surface area contributed by atoms with Crippen LogP contribution in [0.5, 0.6) is 0 Å². The molecule has 0 aliphatic carbocycles. The van der Waals surface area contributed by atoms with E-state index in [0.29, 0.717) is 10.6 Å². The molecule has 2 rings (SSSR count). The van der Waals surface area contributed by atoms with Crippen LogP contribution in [0, 0.1) is 33.5 Å². The molecule has 2 aromatic rings. The predicted octanol–water partition coefficient (Wildman–Crippen LogP) is 6.04. The van der Waals surface area contributed by atoms with Gasteiger partial charge in [-0.2, -0.15) is 0 Å². The van der Waals surface area contributed by atoms with Gasteiger partial charge in [-0.15, -0.1) is 11.6 Å². The van der Waals surface area contributed by atoms with Gasteiger partial charge in [-0.05, 0) is 67.6 Å². The van der Waals surface area contributed by atoms with Crippen LogP contribution in [0.2, 0.25) is 5.02 Å². The Hall–Kier alpha value is -1.05. The lowest BCUT2D eigenvalue weighted by atomic mass is 9.93. The molecule has 1 atom stereocenters. The highest BCUT2D eigenvalue weighted by Gasteiger charge is 2.20. The van der Waals surface area contributed by atoms with E-state index >= 15 is 0 Å². The first-order valence-electron chi connectivity index (χ1n) is 6.48. The number of hydrogen-bond acceptors (Lipinski definition) is 0. The number of halogens is 3. The maximum atomic E-state index is 13.5. The Morgan fingerprint density at radius 1 is 0.900 bits per heavy atom. The maximum absolute atomic E-state index is 13.5. The summed E-state index contributed by atoms with van der Waals surface area (Å²) in [6.45, 7) is 7.85. The molecule has 0 bridgehead atoms. The normalized spacial score (nSPS) is 12.6.